The van der Waals surface area contributed by atoms with Crippen LogP contribution < -0.4 is 0 Å². The predicted molar refractivity (Wildman–Crippen MR) is 77.5 cm³/mol. The summed E-state index contributed by atoms with van der Waals surface area (Å²) in [5.41, 5.74) is 1.78. The molecule has 1 aromatic carbocycles. The third-order valence-electron chi connectivity index (χ3n) is 5.35. The summed E-state index contributed by atoms with van der Waals surface area (Å²) >= 11 is 0. The maximum atomic E-state index is 12.0. The van der Waals surface area contributed by atoms with Gasteiger partial charge >= 0.3 is 6.09 Å². The number of aliphatic hydroxyl groups excluding tert-OH is 1. The van der Waals surface area contributed by atoms with Crippen LogP contribution in [0.1, 0.15) is 31.2 Å². The zero-order valence-corrected chi connectivity index (χ0v) is 12.1. The lowest BCUT2D eigenvalue weighted by Gasteiger charge is -2.68. The number of ether oxygens (including phenoxy) is 1. The van der Waals surface area contributed by atoms with Gasteiger partial charge in [-0.2, -0.15) is 0 Å². The second-order valence-corrected chi connectivity index (χ2v) is 7.31. The third kappa shape index (κ3) is 2.22. The second kappa shape index (κ2) is 4.47. The molecule has 0 aromatic heterocycles. The summed E-state index contributed by atoms with van der Waals surface area (Å²) in [6.45, 7) is 2.01. The van der Waals surface area contributed by atoms with Crippen molar-refractivity contribution in [2.24, 2.45) is 10.8 Å². The molecule has 2 aliphatic carbocycles. The number of nitrogens with zero attached hydrogens (tertiary/aromatic N) is 1. The third-order valence-corrected chi connectivity index (χ3v) is 5.35. The standard InChI is InChI=1S/C17H21NO3/c19-14-6-16(7-14)9-17(10-16)11-18(12-17)15(20)21-8-13-4-2-1-3-5-13/h1-5,14,19H,6-12H2. The first-order valence-electron chi connectivity index (χ1n) is 7.72. The number of amides is 1. The number of aliphatic hydroxyl groups is 1. The Morgan fingerprint density at radius 2 is 1.86 bits per heavy atom. The highest BCUT2D eigenvalue weighted by molar-refractivity contribution is 5.69. The number of carbonyl (C=O) groups is 1. The summed E-state index contributed by atoms with van der Waals surface area (Å²) < 4.78 is 5.35. The molecule has 1 saturated heterocycles. The molecule has 4 heteroatoms. The monoisotopic (exact) mass is 287 g/mol. The van der Waals surface area contributed by atoms with E-state index in [-0.39, 0.29) is 12.2 Å². The van der Waals surface area contributed by atoms with E-state index in [1.165, 1.54) is 12.8 Å². The topological polar surface area (TPSA) is 49.8 Å². The minimum Gasteiger partial charge on any atom is -0.445 e. The molecule has 112 valence electrons. The summed E-state index contributed by atoms with van der Waals surface area (Å²) in [5, 5.41) is 9.44. The van der Waals surface area contributed by atoms with Gasteiger partial charge in [-0.05, 0) is 36.7 Å². The van der Waals surface area contributed by atoms with Gasteiger partial charge in [0.15, 0.2) is 0 Å². The Hall–Kier alpha value is -1.55. The van der Waals surface area contributed by atoms with Crippen LogP contribution in [0, 0.1) is 10.8 Å². The highest BCUT2D eigenvalue weighted by Gasteiger charge is 2.64. The molecule has 2 spiro atoms. The van der Waals surface area contributed by atoms with Crippen molar-refractivity contribution < 1.29 is 14.6 Å². The molecule has 3 aliphatic rings. The predicted octanol–water partition coefficient (Wildman–Crippen LogP) is 2.56. The van der Waals surface area contributed by atoms with Crippen LogP contribution in [0.15, 0.2) is 30.3 Å². The molecule has 1 aliphatic heterocycles. The van der Waals surface area contributed by atoms with E-state index < -0.39 is 0 Å². The number of hydrogen-bond acceptors (Lipinski definition) is 3. The lowest BCUT2D eigenvalue weighted by atomic mass is 9.42. The van der Waals surface area contributed by atoms with E-state index in [0.29, 0.717) is 17.4 Å². The Kier molecular flexibility index (Phi) is 2.80. The zero-order valence-electron chi connectivity index (χ0n) is 12.1. The summed E-state index contributed by atoms with van der Waals surface area (Å²) in [5.74, 6) is 0. The zero-order chi connectivity index (χ0) is 14.5. The normalized spacial score (nSPS) is 25.1. The molecule has 4 nitrogen and oxygen atoms in total. The number of rotatable bonds is 2. The molecule has 1 heterocycles. The van der Waals surface area contributed by atoms with Gasteiger partial charge < -0.3 is 14.7 Å². The molecule has 21 heavy (non-hydrogen) atoms. The van der Waals surface area contributed by atoms with Gasteiger partial charge in [-0.1, -0.05) is 30.3 Å². The molecule has 1 aromatic rings. The summed E-state index contributed by atoms with van der Waals surface area (Å²) in [6.07, 6.45) is 4.02. The fraction of sp³-hybridized carbons (Fsp3) is 0.588. The Morgan fingerprint density at radius 3 is 2.48 bits per heavy atom. The first kappa shape index (κ1) is 13.1. The van der Waals surface area contributed by atoms with E-state index in [1.807, 2.05) is 35.2 Å². The van der Waals surface area contributed by atoms with E-state index in [9.17, 15) is 9.90 Å². The van der Waals surface area contributed by atoms with Crippen molar-refractivity contribution >= 4 is 6.09 Å². The Balaban J connectivity index is 1.22. The van der Waals surface area contributed by atoms with Gasteiger partial charge in [0, 0.05) is 18.5 Å². The molecule has 1 amide bonds. The van der Waals surface area contributed by atoms with Gasteiger partial charge in [-0.25, -0.2) is 4.79 Å². The highest BCUT2D eigenvalue weighted by Crippen LogP contribution is 2.67. The van der Waals surface area contributed by atoms with Gasteiger partial charge in [-0.15, -0.1) is 0 Å². The van der Waals surface area contributed by atoms with Crippen LogP contribution in [0.4, 0.5) is 4.79 Å². The number of likely N-dealkylation sites (tertiary alicyclic amines) is 1. The van der Waals surface area contributed by atoms with Crippen molar-refractivity contribution in [3.63, 3.8) is 0 Å². The van der Waals surface area contributed by atoms with Gasteiger partial charge in [0.25, 0.3) is 0 Å². The first-order chi connectivity index (χ1) is 10.1. The number of carbonyl (C=O) groups excluding carboxylic acids is 1. The average Bonchev–Trinajstić information content (AvgIpc) is 2.37. The van der Waals surface area contributed by atoms with Crippen LogP contribution >= 0.6 is 0 Å². The Bertz CT molecular complexity index is 534. The molecule has 4 rings (SSSR count). The van der Waals surface area contributed by atoms with Crippen LogP contribution in [-0.2, 0) is 11.3 Å². The van der Waals surface area contributed by atoms with Crippen LogP contribution in [0.3, 0.4) is 0 Å². The largest absolute Gasteiger partial charge is 0.445 e. The van der Waals surface area contributed by atoms with Crippen molar-refractivity contribution in [3.8, 4) is 0 Å². The van der Waals surface area contributed by atoms with E-state index in [2.05, 4.69) is 0 Å². The van der Waals surface area contributed by atoms with E-state index in [4.69, 9.17) is 4.74 Å². The SMILES string of the molecule is O=C(OCc1ccccc1)N1CC2(C1)CC1(CC(O)C1)C2. The minimum atomic E-state index is -0.195. The van der Waals surface area contributed by atoms with Gasteiger partial charge in [0.1, 0.15) is 6.61 Å². The van der Waals surface area contributed by atoms with Crippen molar-refractivity contribution in [1.29, 1.82) is 0 Å². The Morgan fingerprint density at radius 1 is 1.19 bits per heavy atom. The van der Waals surface area contributed by atoms with Crippen molar-refractivity contribution in [2.45, 2.75) is 38.4 Å². The van der Waals surface area contributed by atoms with Gasteiger partial charge in [0.2, 0.25) is 0 Å². The van der Waals surface area contributed by atoms with Crippen molar-refractivity contribution in [3.05, 3.63) is 35.9 Å². The average molecular weight is 287 g/mol. The molecule has 0 atom stereocenters. The van der Waals surface area contributed by atoms with Crippen molar-refractivity contribution in [2.75, 3.05) is 13.1 Å². The molecule has 0 radical (unpaired) electrons. The Labute approximate surface area is 124 Å². The van der Waals surface area contributed by atoms with Gasteiger partial charge in [0.05, 0.1) is 6.10 Å². The summed E-state index contributed by atoms with van der Waals surface area (Å²) in [6, 6.07) is 9.77. The molecule has 3 fully saturated rings. The lowest BCUT2D eigenvalue weighted by molar-refractivity contribution is -0.198. The van der Waals surface area contributed by atoms with Crippen LogP contribution in [0.5, 0.6) is 0 Å². The highest BCUT2D eigenvalue weighted by atomic mass is 16.6. The van der Waals surface area contributed by atoms with E-state index in [1.54, 1.807) is 0 Å². The number of hydrogen-bond donors (Lipinski definition) is 1. The van der Waals surface area contributed by atoms with E-state index >= 15 is 0 Å². The minimum absolute atomic E-state index is 0.0747. The molecule has 0 unspecified atom stereocenters. The molecule has 1 N–H and O–H groups in total. The smallest absolute Gasteiger partial charge is 0.410 e. The molecular formula is C17H21NO3. The van der Waals surface area contributed by atoms with Crippen LogP contribution in [0.25, 0.3) is 0 Å². The van der Waals surface area contributed by atoms with Gasteiger partial charge in [-0.3, -0.25) is 0 Å². The molecule has 0 bridgehead atoms. The molecular weight excluding hydrogens is 266 g/mol. The van der Waals surface area contributed by atoms with Crippen LogP contribution in [-0.4, -0.2) is 35.3 Å². The first-order valence-corrected chi connectivity index (χ1v) is 7.72. The summed E-state index contributed by atoms with van der Waals surface area (Å²) in [7, 11) is 0. The van der Waals surface area contributed by atoms with Crippen LogP contribution in [0.2, 0.25) is 0 Å². The maximum absolute atomic E-state index is 12.0. The summed E-state index contributed by atoms with van der Waals surface area (Å²) in [4.78, 5) is 13.8. The maximum Gasteiger partial charge on any atom is 0.410 e. The fourth-order valence-corrected chi connectivity index (χ4v) is 4.69. The second-order valence-electron chi connectivity index (χ2n) is 7.31. The quantitative estimate of drug-likeness (QED) is 0.909. The number of benzene rings is 1. The lowest BCUT2D eigenvalue weighted by Crippen LogP contribution is -2.69. The molecule has 2 saturated carbocycles. The van der Waals surface area contributed by atoms with E-state index in [0.717, 1.165) is 31.5 Å². The van der Waals surface area contributed by atoms with Crippen molar-refractivity contribution in [1.82, 2.24) is 4.90 Å². The fourth-order valence-electron chi connectivity index (χ4n) is 4.69.